The number of esters is 1. The van der Waals surface area contributed by atoms with E-state index in [1.165, 1.54) is 19.1 Å². The first-order valence-electron chi connectivity index (χ1n) is 7.56. The lowest BCUT2D eigenvalue weighted by atomic mass is 10.1. The van der Waals surface area contributed by atoms with E-state index in [1.54, 1.807) is 42.5 Å². The van der Waals surface area contributed by atoms with Gasteiger partial charge in [-0.25, -0.2) is 4.79 Å². The predicted molar refractivity (Wildman–Crippen MR) is 102 cm³/mol. The van der Waals surface area contributed by atoms with Crippen LogP contribution in [0, 0.1) is 0 Å². The summed E-state index contributed by atoms with van der Waals surface area (Å²) >= 11 is 11.8. The van der Waals surface area contributed by atoms with Gasteiger partial charge in [-0.3, -0.25) is 9.59 Å². The number of Topliss-reactive ketones (excluding diaryl/α,β-unsaturated/α-hetero) is 1. The van der Waals surface area contributed by atoms with Gasteiger partial charge in [-0.2, -0.15) is 0 Å². The van der Waals surface area contributed by atoms with Gasteiger partial charge in [0.1, 0.15) is 0 Å². The van der Waals surface area contributed by atoms with E-state index in [-0.39, 0.29) is 5.78 Å². The number of ketones is 1. The third kappa shape index (κ3) is 6.02. The number of hydrogen-bond donors (Lipinski definition) is 1. The Morgan fingerprint density at radius 1 is 1.12 bits per heavy atom. The van der Waals surface area contributed by atoms with Crippen LogP contribution in [0.2, 0.25) is 10.0 Å². The summed E-state index contributed by atoms with van der Waals surface area (Å²) in [6.45, 7) is 0.976. The van der Waals surface area contributed by atoms with Gasteiger partial charge >= 0.3 is 5.97 Å². The Kier molecular flexibility index (Phi) is 6.95. The Labute approximate surface area is 160 Å². The molecule has 0 aliphatic heterocycles. The summed E-state index contributed by atoms with van der Waals surface area (Å²) in [7, 11) is 0. The molecule has 0 fully saturated rings. The van der Waals surface area contributed by atoms with Crippen LogP contribution in [0.25, 0.3) is 6.08 Å². The zero-order chi connectivity index (χ0) is 19.1. The molecule has 0 bridgehead atoms. The molecule has 2 rings (SSSR count). The van der Waals surface area contributed by atoms with Crippen molar-refractivity contribution in [2.45, 2.75) is 6.92 Å². The van der Waals surface area contributed by atoms with Gasteiger partial charge in [0.15, 0.2) is 12.4 Å². The Morgan fingerprint density at radius 3 is 2.58 bits per heavy atom. The highest BCUT2D eigenvalue weighted by molar-refractivity contribution is 6.35. The molecule has 0 aromatic heterocycles. The summed E-state index contributed by atoms with van der Waals surface area (Å²) < 4.78 is 4.87. The Hall–Kier alpha value is -2.63. The maximum Gasteiger partial charge on any atom is 0.331 e. The number of anilines is 1. The Bertz CT molecular complexity index is 878. The maximum atomic E-state index is 11.8. The number of ether oxygens (including phenoxy) is 1. The summed E-state index contributed by atoms with van der Waals surface area (Å²) in [5, 5.41) is 3.43. The minimum absolute atomic E-state index is 0.112. The molecule has 0 unspecified atom stereocenters. The van der Waals surface area contributed by atoms with Crippen molar-refractivity contribution in [1.29, 1.82) is 0 Å². The first kappa shape index (κ1) is 19.7. The van der Waals surface area contributed by atoms with Crippen molar-refractivity contribution in [3.63, 3.8) is 0 Å². The van der Waals surface area contributed by atoms with E-state index < -0.39 is 18.5 Å². The molecular formula is C19H15Cl2NO4. The monoisotopic (exact) mass is 391 g/mol. The normalized spacial score (nSPS) is 10.6. The summed E-state index contributed by atoms with van der Waals surface area (Å²) in [6, 6.07) is 11.3. The Morgan fingerprint density at radius 2 is 1.88 bits per heavy atom. The van der Waals surface area contributed by atoms with E-state index in [0.29, 0.717) is 26.9 Å². The van der Waals surface area contributed by atoms with Gasteiger partial charge in [-0.15, -0.1) is 0 Å². The van der Waals surface area contributed by atoms with Crippen molar-refractivity contribution in [1.82, 2.24) is 0 Å². The number of benzene rings is 2. The largest absolute Gasteiger partial charge is 0.452 e. The number of rotatable bonds is 6. The van der Waals surface area contributed by atoms with E-state index in [9.17, 15) is 14.4 Å². The number of carbonyl (C=O) groups excluding carboxylic acids is 3. The first-order chi connectivity index (χ1) is 12.3. The van der Waals surface area contributed by atoms with E-state index in [0.717, 1.165) is 0 Å². The fraction of sp³-hybridized carbons (Fsp3) is 0.105. The van der Waals surface area contributed by atoms with Gasteiger partial charge in [0.25, 0.3) is 5.91 Å². The van der Waals surface area contributed by atoms with Crippen molar-refractivity contribution in [2.75, 3.05) is 11.9 Å². The average molecular weight is 392 g/mol. The second-order valence-corrected chi connectivity index (χ2v) is 6.14. The van der Waals surface area contributed by atoms with Gasteiger partial charge < -0.3 is 10.1 Å². The van der Waals surface area contributed by atoms with Crippen LogP contribution in [0.1, 0.15) is 22.8 Å². The fourth-order valence-electron chi connectivity index (χ4n) is 1.99. The van der Waals surface area contributed by atoms with Gasteiger partial charge in [0.05, 0.1) is 0 Å². The number of amides is 1. The second-order valence-electron chi connectivity index (χ2n) is 5.29. The smallest absolute Gasteiger partial charge is 0.331 e. The van der Waals surface area contributed by atoms with Crippen molar-refractivity contribution in [2.24, 2.45) is 0 Å². The molecule has 7 heteroatoms. The molecule has 0 saturated heterocycles. The van der Waals surface area contributed by atoms with Crippen LogP contribution in [0.5, 0.6) is 0 Å². The molecule has 5 nitrogen and oxygen atoms in total. The minimum atomic E-state index is -0.691. The zero-order valence-corrected chi connectivity index (χ0v) is 15.3. The Balaban J connectivity index is 1.86. The summed E-state index contributed by atoms with van der Waals surface area (Å²) in [5.41, 5.74) is 1.52. The van der Waals surface area contributed by atoms with E-state index >= 15 is 0 Å². The molecule has 26 heavy (non-hydrogen) atoms. The van der Waals surface area contributed by atoms with Crippen LogP contribution in [-0.2, 0) is 14.3 Å². The van der Waals surface area contributed by atoms with Gasteiger partial charge in [0, 0.05) is 27.4 Å². The van der Waals surface area contributed by atoms with Crippen molar-refractivity contribution < 1.29 is 19.1 Å². The highest BCUT2D eigenvalue weighted by Gasteiger charge is 2.07. The average Bonchev–Trinajstić information content (AvgIpc) is 2.59. The molecule has 0 aliphatic rings. The fourth-order valence-corrected chi connectivity index (χ4v) is 2.46. The maximum absolute atomic E-state index is 11.8. The van der Waals surface area contributed by atoms with Crippen molar-refractivity contribution >= 4 is 52.6 Å². The molecule has 0 atom stereocenters. The SMILES string of the molecule is CC(=O)c1cccc(NC(=O)COC(=O)/C=C/c2ccc(Cl)cc2Cl)c1. The van der Waals surface area contributed by atoms with Crippen molar-refractivity contribution in [3.05, 3.63) is 69.7 Å². The molecule has 0 radical (unpaired) electrons. The standard InChI is InChI=1S/C19H15Cl2NO4/c1-12(23)14-3-2-4-16(9-14)22-18(24)11-26-19(25)8-6-13-5-7-15(20)10-17(13)21/h2-10H,11H2,1H3,(H,22,24)/b8-6+. The summed E-state index contributed by atoms with van der Waals surface area (Å²) in [6.07, 6.45) is 2.63. The predicted octanol–water partition coefficient (Wildman–Crippen LogP) is 4.39. The lowest BCUT2D eigenvalue weighted by Crippen LogP contribution is -2.20. The third-order valence-corrected chi connectivity index (χ3v) is 3.82. The molecular weight excluding hydrogens is 377 g/mol. The van der Waals surface area contributed by atoms with E-state index in [4.69, 9.17) is 27.9 Å². The molecule has 2 aromatic rings. The quantitative estimate of drug-likeness (QED) is 0.450. The molecule has 0 saturated carbocycles. The molecule has 134 valence electrons. The molecule has 0 spiro atoms. The van der Waals surface area contributed by atoms with Crippen LogP contribution in [-0.4, -0.2) is 24.3 Å². The number of halogens is 2. The molecule has 2 aromatic carbocycles. The molecule has 0 heterocycles. The first-order valence-corrected chi connectivity index (χ1v) is 8.31. The van der Waals surface area contributed by atoms with Crippen LogP contribution in [0.4, 0.5) is 5.69 Å². The molecule has 1 N–H and O–H groups in total. The topological polar surface area (TPSA) is 72.5 Å². The lowest BCUT2D eigenvalue weighted by molar-refractivity contribution is -0.142. The van der Waals surface area contributed by atoms with Crippen LogP contribution >= 0.6 is 23.2 Å². The zero-order valence-electron chi connectivity index (χ0n) is 13.8. The van der Waals surface area contributed by atoms with E-state index in [1.807, 2.05) is 0 Å². The highest BCUT2D eigenvalue weighted by Crippen LogP contribution is 2.22. The van der Waals surface area contributed by atoms with Gasteiger partial charge in [0.2, 0.25) is 0 Å². The van der Waals surface area contributed by atoms with E-state index in [2.05, 4.69) is 5.32 Å². The molecule has 0 aliphatic carbocycles. The van der Waals surface area contributed by atoms with Crippen LogP contribution in [0.3, 0.4) is 0 Å². The van der Waals surface area contributed by atoms with Gasteiger partial charge in [-0.1, -0.05) is 41.4 Å². The lowest BCUT2D eigenvalue weighted by Gasteiger charge is -2.06. The third-order valence-electron chi connectivity index (χ3n) is 3.26. The van der Waals surface area contributed by atoms with Crippen LogP contribution < -0.4 is 5.32 Å². The summed E-state index contributed by atoms with van der Waals surface area (Å²) in [4.78, 5) is 34.8. The summed E-state index contributed by atoms with van der Waals surface area (Å²) in [5.74, 6) is -1.32. The second kappa shape index (κ2) is 9.17. The number of nitrogens with one attached hydrogen (secondary N) is 1. The minimum Gasteiger partial charge on any atom is -0.452 e. The van der Waals surface area contributed by atoms with Crippen LogP contribution in [0.15, 0.2) is 48.5 Å². The number of hydrogen-bond acceptors (Lipinski definition) is 4. The number of carbonyl (C=O) groups is 3. The van der Waals surface area contributed by atoms with Crippen molar-refractivity contribution in [3.8, 4) is 0 Å². The van der Waals surface area contributed by atoms with Gasteiger partial charge in [-0.05, 0) is 42.8 Å². The molecule has 1 amide bonds. The highest BCUT2D eigenvalue weighted by atomic mass is 35.5.